The van der Waals surface area contributed by atoms with Gasteiger partial charge in [0, 0.05) is 25.3 Å². The van der Waals surface area contributed by atoms with Crippen molar-refractivity contribution in [3.63, 3.8) is 0 Å². The highest BCUT2D eigenvalue weighted by Gasteiger charge is 2.58. The Balaban J connectivity index is 1.17. The van der Waals surface area contributed by atoms with Gasteiger partial charge in [-0.05, 0) is 57.9 Å². The van der Waals surface area contributed by atoms with Crippen LogP contribution >= 0.6 is 0 Å². The number of amides is 3. The molecule has 0 radical (unpaired) electrons. The summed E-state index contributed by atoms with van der Waals surface area (Å²) in [6, 6.07) is 5.41. The number of aromatic nitrogens is 4. The van der Waals surface area contributed by atoms with E-state index in [1.165, 1.54) is 41.2 Å². The lowest BCUT2D eigenvalue weighted by Crippen LogP contribution is -2.42. The third kappa shape index (κ3) is 5.68. The molecule has 5 heterocycles. The molecule has 3 fully saturated rings. The van der Waals surface area contributed by atoms with Gasteiger partial charge >= 0.3 is 6.03 Å². The minimum Gasteiger partial charge on any atom is -0.354 e. The van der Waals surface area contributed by atoms with E-state index in [1.807, 2.05) is 6.92 Å². The van der Waals surface area contributed by atoms with E-state index in [0.717, 1.165) is 19.3 Å². The number of urea groups is 1. The van der Waals surface area contributed by atoms with Gasteiger partial charge in [-0.15, -0.1) is 0 Å². The molecule has 1 aromatic carbocycles. The predicted octanol–water partition coefficient (Wildman–Crippen LogP) is 2.20. The van der Waals surface area contributed by atoms with E-state index in [-0.39, 0.29) is 16.6 Å². The highest BCUT2D eigenvalue weighted by atomic mass is 32.2. The number of sulfonamides is 1. The lowest BCUT2D eigenvalue weighted by atomic mass is 10.1. The minimum absolute atomic E-state index is 0.143. The van der Waals surface area contributed by atoms with Gasteiger partial charge in [-0.25, -0.2) is 28.2 Å². The standard InChI is InChI=1S/C27H34N8O7S/c1-4-28-24(36)20-19-21(42-27(2,3)41-19)25(40-20)35-15-31-18-22(29-14-30-23(18)35)33-26(37)32-16-8-10-17(11-9-16)43(38,39)34-12-6-5-7-13-34/h8-11,14-15,19-21,25H,4-7,12-13H2,1-3H3,(H,28,36)(H2,29,30,32,33,37)/t19-,20+,21-,25-/m1/s1. The highest BCUT2D eigenvalue weighted by Crippen LogP contribution is 2.44. The highest BCUT2D eigenvalue weighted by molar-refractivity contribution is 7.89. The van der Waals surface area contributed by atoms with Crippen molar-refractivity contribution in [2.24, 2.45) is 0 Å². The maximum Gasteiger partial charge on any atom is 0.324 e. The fraction of sp³-hybridized carbons (Fsp3) is 0.519. The normalized spacial score (nSPS) is 25.4. The van der Waals surface area contributed by atoms with E-state index < -0.39 is 46.4 Å². The van der Waals surface area contributed by atoms with Crippen LogP contribution < -0.4 is 16.0 Å². The number of hydrogen-bond donors (Lipinski definition) is 3. The first-order valence-corrected chi connectivity index (χ1v) is 15.7. The number of likely N-dealkylation sites (N-methyl/N-ethyl adjacent to an activating group) is 1. The molecule has 4 atom stereocenters. The number of carbonyl (C=O) groups excluding carboxylic acids is 2. The van der Waals surface area contributed by atoms with Crippen molar-refractivity contribution in [1.29, 1.82) is 0 Å². The molecule has 3 aromatic rings. The van der Waals surface area contributed by atoms with Gasteiger partial charge in [0.1, 0.15) is 18.5 Å². The van der Waals surface area contributed by atoms with Crippen LogP contribution in [0, 0.1) is 0 Å². The molecule has 0 spiro atoms. The molecular formula is C27H34N8O7S. The summed E-state index contributed by atoms with van der Waals surface area (Å²) in [5.74, 6) is -1.09. The molecular weight excluding hydrogens is 580 g/mol. The number of fused-ring (bicyclic) bond motifs is 2. The molecule has 16 heteroatoms. The Hall–Kier alpha value is -3.70. The van der Waals surface area contributed by atoms with Gasteiger partial charge in [-0.1, -0.05) is 6.42 Å². The zero-order valence-electron chi connectivity index (χ0n) is 24.0. The largest absolute Gasteiger partial charge is 0.354 e. The third-order valence-electron chi connectivity index (χ3n) is 7.57. The van der Waals surface area contributed by atoms with Crippen molar-refractivity contribution >= 4 is 44.6 Å². The molecule has 3 N–H and O–H groups in total. The fourth-order valence-electron chi connectivity index (χ4n) is 5.65. The molecule has 15 nitrogen and oxygen atoms in total. The Morgan fingerprint density at radius 1 is 1.00 bits per heavy atom. The van der Waals surface area contributed by atoms with Gasteiger partial charge in [0.05, 0.1) is 11.2 Å². The average Bonchev–Trinajstić information content (AvgIpc) is 3.65. The first-order chi connectivity index (χ1) is 20.6. The summed E-state index contributed by atoms with van der Waals surface area (Å²) in [5, 5.41) is 8.13. The van der Waals surface area contributed by atoms with Crippen LogP contribution in [-0.4, -0.2) is 87.9 Å². The molecule has 2 aromatic heterocycles. The Labute approximate surface area is 248 Å². The number of nitrogens with one attached hydrogen (secondary N) is 3. The minimum atomic E-state index is -3.58. The fourth-order valence-corrected chi connectivity index (χ4v) is 7.17. The summed E-state index contributed by atoms with van der Waals surface area (Å²) in [5.41, 5.74) is 1.04. The van der Waals surface area contributed by atoms with Gasteiger partial charge in [0.25, 0.3) is 5.91 Å². The van der Waals surface area contributed by atoms with Crippen molar-refractivity contribution in [1.82, 2.24) is 29.1 Å². The van der Waals surface area contributed by atoms with Crippen LogP contribution in [0.4, 0.5) is 16.3 Å². The SMILES string of the molecule is CCNC(=O)[C@H]1O[C@@H](n2cnc3c(NC(=O)Nc4ccc(S(=O)(=O)N5CCCCC5)cc4)ncnc32)[C@@H]2OC(C)(C)O[C@@H]21. The van der Waals surface area contributed by atoms with E-state index in [2.05, 4.69) is 30.9 Å². The van der Waals surface area contributed by atoms with Gasteiger partial charge in [-0.3, -0.25) is 14.7 Å². The topological polar surface area (TPSA) is 179 Å². The van der Waals surface area contributed by atoms with Crippen molar-refractivity contribution < 1.29 is 32.2 Å². The first kappa shape index (κ1) is 29.4. The number of ether oxygens (including phenoxy) is 3. The second kappa shape index (κ2) is 11.4. The molecule has 3 aliphatic heterocycles. The van der Waals surface area contributed by atoms with Crippen molar-refractivity contribution in [2.75, 3.05) is 30.3 Å². The number of imidazole rings is 1. The zero-order valence-corrected chi connectivity index (χ0v) is 24.8. The monoisotopic (exact) mass is 614 g/mol. The Morgan fingerprint density at radius 2 is 1.72 bits per heavy atom. The number of benzene rings is 1. The quantitative estimate of drug-likeness (QED) is 0.357. The molecule has 6 rings (SSSR count). The smallest absolute Gasteiger partial charge is 0.324 e. The molecule has 3 aliphatic rings. The number of nitrogens with zero attached hydrogens (tertiary/aromatic N) is 5. The van der Waals surface area contributed by atoms with Gasteiger partial charge in [0.15, 0.2) is 35.1 Å². The Bertz CT molecular complexity index is 1620. The lowest BCUT2D eigenvalue weighted by molar-refractivity contribution is -0.197. The van der Waals surface area contributed by atoms with Gasteiger partial charge < -0.3 is 24.8 Å². The van der Waals surface area contributed by atoms with Crippen LogP contribution in [0.5, 0.6) is 0 Å². The molecule has 0 saturated carbocycles. The number of piperidine rings is 1. The summed E-state index contributed by atoms with van der Waals surface area (Å²) < 4.78 is 47.2. The van der Waals surface area contributed by atoms with Crippen molar-refractivity contribution in [3.8, 4) is 0 Å². The molecule has 3 saturated heterocycles. The van der Waals surface area contributed by atoms with Crippen LogP contribution in [0.3, 0.4) is 0 Å². The second-order valence-electron chi connectivity index (χ2n) is 11.0. The number of hydrogen-bond acceptors (Lipinski definition) is 10. The molecule has 0 bridgehead atoms. The van der Waals surface area contributed by atoms with E-state index in [4.69, 9.17) is 14.2 Å². The zero-order chi connectivity index (χ0) is 30.4. The Morgan fingerprint density at radius 3 is 2.44 bits per heavy atom. The van der Waals surface area contributed by atoms with Crippen LogP contribution in [0.15, 0.2) is 41.8 Å². The number of anilines is 2. The second-order valence-corrected chi connectivity index (χ2v) is 13.0. The molecule has 230 valence electrons. The summed E-state index contributed by atoms with van der Waals surface area (Å²) in [4.78, 5) is 38.7. The summed E-state index contributed by atoms with van der Waals surface area (Å²) in [6.07, 6.45) is 2.55. The summed E-state index contributed by atoms with van der Waals surface area (Å²) in [6.45, 7) is 6.81. The van der Waals surface area contributed by atoms with E-state index in [0.29, 0.717) is 36.5 Å². The van der Waals surface area contributed by atoms with Gasteiger partial charge in [-0.2, -0.15) is 4.31 Å². The molecule has 43 heavy (non-hydrogen) atoms. The summed E-state index contributed by atoms with van der Waals surface area (Å²) in [7, 11) is -3.58. The molecule has 0 aliphatic carbocycles. The number of carbonyl (C=O) groups is 2. The maximum atomic E-state index is 12.9. The van der Waals surface area contributed by atoms with E-state index in [9.17, 15) is 18.0 Å². The molecule has 0 unspecified atom stereocenters. The number of rotatable bonds is 7. The van der Waals surface area contributed by atoms with E-state index in [1.54, 1.807) is 18.4 Å². The predicted molar refractivity (Wildman–Crippen MR) is 153 cm³/mol. The van der Waals surface area contributed by atoms with Crippen LogP contribution in [0.1, 0.15) is 46.3 Å². The third-order valence-corrected chi connectivity index (χ3v) is 9.48. The first-order valence-electron chi connectivity index (χ1n) is 14.2. The van der Waals surface area contributed by atoms with Crippen LogP contribution in [-0.2, 0) is 29.0 Å². The van der Waals surface area contributed by atoms with Crippen LogP contribution in [0.25, 0.3) is 11.2 Å². The van der Waals surface area contributed by atoms with E-state index >= 15 is 0 Å². The summed E-state index contributed by atoms with van der Waals surface area (Å²) >= 11 is 0. The maximum absolute atomic E-state index is 12.9. The van der Waals surface area contributed by atoms with Crippen molar-refractivity contribution in [2.45, 2.75) is 75.3 Å². The van der Waals surface area contributed by atoms with Crippen molar-refractivity contribution in [3.05, 3.63) is 36.9 Å². The Kier molecular flexibility index (Phi) is 7.80. The molecule has 3 amide bonds. The van der Waals surface area contributed by atoms with Crippen LogP contribution in [0.2, 0.25) is 0 Å². The van der Waals surface area contributed by atoms with Gasteiger partial charge in [0.2, 0.25) is 10.0 Å². The lowest BCUT2D eigenvalue weighted by Gasteiger charge is -2.25. The average molecular weight is 615 g/mol.